The van der Waals surface area contributed by atoms with Gasteiger partial charge in [-0.05, 0) is 25.0 Å². The van der Waals surface area contributed by atoms with Gasteiger partial charge in [-0.25, -0.2) is 0 Å². The van der Waals surface area contributed by atoms with Crippen molar-refractivity contribution in [3.05, 3.63) is 47.5 Å². The first kappa shape index (κ1) is 13.2. The van der Waals surface area contributed by atoms with Gasteiger partial charge in [0.1, 0.15) is 0 Å². The van der Waals surface area contributed by atoms with Crippen LogP contribution in [0.15, 0.2) is 36.4 Å². The highest BCUT2D eigenvalue weighted by Crippen LogP contribution is 2.32. The van der Waals surface area contributed by atoms with Gasteiger partial charge in [-0.15, -0.1) is 0 Å². The fourth-order valence-corrected chi connectivity index (χ4v) is 3.59. The number of hydrogen-bond acceptors (Lipinski definition) is 3. The van der Waals surface area contributed by atoms with Gasteiger partial charge in [0, 0.05) is 13.1 Å². The number of hydrogen-bond donors (Lipinski definition) is 0. The molecule has 4 rings (SSSR count). The minimum absolute atomic E-state index is 0.0457. The summed E-state index contributed by atoms with van der Waals surface area (Å²) in [6.07, 6.45) is 5.56. The first-order valence-electron chi connectivity index (χ1n) is 7.61. The third kappa shape index (κ3) is 1.81. The molecule has 1 saturated heterocycles. The Morgan fingerprint density at radius 3 is 2.23 bits per heavy atom. The number of amides is 3. The second kappa shape index (κ2) is 4.80. The van der Waals surface area contributed by atoms with Crippen LogP contribution in [0.2, 0.25) is 0 Å². The maximum Gasteiger partial charge on any atom is 0.261 e. The van der Waals surface area contributed by atoms with Gasteiger partial charge < -0.3 is 4.90 Å². The van der Waals surface area contributed by atoms with Crippen LogP contribution in [0.3, 0.4) is 0 Å². The van der Waals surface area contributed by atoms with Gasteiger partial charge in [0.25, 0.3) is 11.8 Å². The van der Waals surface area contributed by atoms with E-state index >= 15 is 0 Å². The molecule has 0 saturated carbocycles. The number of carbonyl (C=O) groups is 3. The van der Waals surface area contributed by atoms with Crippen LogP contribution in [0.5, 0.6) is 0 Å². The van der Waals surface area contributed by atoms with Crippen molar-refractivity contribution >= 4 is 17.7 Å². The molecule has 3 amide bonds. The molecule has 22 heavy (non-hydrogen) atoms. The average molecular weight is 296 g/mol. The third-order valence-corrected chi connectivity index (χ3v) is 4.72. The minimum atomic E-state index is -0.227. The zero-order valence-corrected chi connectivity index (χ0v) is 12.1. The van der Waals surface area contributed by atoms with E-state index in [0.29, 0.717) is 30.6 Å². The highest BCUT2D eigenvalue weighted by molar-refractivity contribution is 6.21. The molecule has 0 aromatic heterocycles. The molecule has 2 heterocycles. The average Bonchev–Trinajstić information content (AvgIpc) is 3.18. The summed E-state index contributed by atoms with van der Waals surface area (Å²) in [5.74, 6) is -0.233. The highest BCUT2D eigenvalue weighted by Gasteiger charge is 2.41. The Hall–Kier alpha value is -2.43. The van der Waals surface area contributed by atoms with E-state index < -0.39 is 0 Å². The molecule has 0 unspecified atom stereocenters. The standard InChI is InChI=1S/C17H16N2O3/c20-15-11-6-7-12(10-11)18(15)8-3-9-19-16(21)13-4-1-2-5-14(13)17(19)22/h1-2,4-7,11-12H,3,8-10H2/t11-,12+/m0/s1. The van der Waals surface area contributed by atoms with E-state index in [1.807, 2.05) is 11.0 Å². The number of nitrogens with zero attached hydrogens (tertiary/aromatic N) is 2. The Morgan fingerprint density at radius 1 is 0.955 bits per heavy atom. The van der Waals surface area contributed by atoms with Crippen molar-refractivity contribution in [3.8, 4) is 0 Å². The van der Waals surface area contributed by atoms with Crippen LogP contribution in [-0.2, 0) is 4.79 Å². The zero-order valence-electron chi connectivity index (χ0n) is 12.1. The van der Waals surface area contributed by atoms with E-state index in [0.717, 1.165) is 6.42 Å². The van der Waals surface area contributed by atoms with Gasteiger partial charge >= 0.3 is 0 Å². The van der Waals surface area contributed by atoms with E-state index in [4.69, 9.17) is 0 Å². The first-order valence-corrected chi connectivity index (χ1v) is 7.61. The molecule has 0 N–H and O–H groups in total. The predicted octanol–water partition coefficient (Wildman–Crippen LogP) is 1.46. The molecule has 0 spiro atoms. The molecule has 2 aliphatic heterocycles. The lowest BCUT2D eigenvalue weighted by atomic mass is 10.1. The number of fused-ring (bicyclic) bond motifs is 3. The van der Waals surface area contributed by atoms with Crippen molar-refractivity contribution < 1.29 is 14.4 Å². The molecular formula is C17H16N2O3. The molecule has 0 radical (unpaired) electrons. The maximum atomic E-state index is 12.2. The zero-order chi connectivity index (χ0) is 15.3. The molecule has 3 aliphatic rings. The summed E-state index contributed by atoms with van der Waals surface area (Å²) >= 11 is 0. The van der Waals surface area contributed by atoms with Crippen molar-refractivity contribution in [1.82, 2.24) is 9.80 Å². The summed E-state index contributed by atoms with van der Waals surface area (Å²) in [6, 6.07) is 7.10. The van der Waals surface area contributed by atoms with Crippen molar-refractivity contribution in [3.63, 3.8) is 0 Å². The summed E-state index contributed by atoms with van der Waals surface area (Å²) in [4.78, 5) is 39.7. The summed E-state index contributed by atoms with van der Waals surface area (Å²) in [5.41, 5.74) is 0.957. The molecule has 5 heteroatoms. The van der Waals surface area contributed by atoms with Crippen LogP contribution in [0.25, 0.3) is 0 Å². The molecular weight excluding hydrogens is 280 g/mol. The van der Waals surface area contributed by atoms with Crippen LogP contribution in [0, 0.1) is 5.92 Å². The van der Waals surface area contributed by atoms with Crippen molar-refractivity contribution in [1.29, 1.82) is 0 Å². The predicted molar refractivity (Wildman–Crippen MR) is 79.2 cm³/mol. The Labute approximate surface area is 128 Å². The fraction of sp³-hybridized carbons (Fsp3) is 0.353. The molecule has 5 nitrogen and oxygen atoms in total. The van der Waals surface area contributed by atoms with Gasteiger partial charge in [0.2, 0.25) is 5.91 Å². The molecule has 2 atom stereocenters. The number of imide groups is 1. The number of carbonyl (C=O) groups excluding carboxylic acids is 3. The Balaban J connectivity index is 1.39. The number of rotatable bonds is 4. The summed E-state index contributed by atoms with van der Waals surface area (Å²) in [6.45, 7) is 0.953. The second-order valence-corrected chi connectivity index (χ2v) is 5.99. The van der Waals surface area contributed by atoms with Gasteiger partial charge in [-0.3, -0.25) is 19.3 Å². The Kier molecular flexibility index (Phi) is 2.89. The summed E-state index contributed by atoms with van der Waals surface area (Å²) in [7, 11) is 0. The molecule has 112 valence electrons. The van der Waals surface area contributed by atoms with Crippen LogP contribution >= 0.6 is 0 Å². The maximum absolute atomic E-state index is 12.2. The third-order valence-electron chi connectivity index (χ3n) is 4.72. The molecule has 1 aliphatic carbocycles. The van der Waals surface area contributed by atoms with Crippen LogP contribution in [-0.4, -0.2) is 46.7 Å². The minimum Gasteiger partial charge on any atom is -0.336 e. The van der Waals surface area contributed by atoms with Crippen molar-refractivity contribution in [2.24, 2.45) is 5.92 Å². The fourth-order valence-electron chi connectivity index (χ4n) is 3.59. The second-order valence-electron chi connectivity index (χ2n) is 5.99. The summed E-state index contributed by atoms with van der Waals surface area (Å²) in [5, 5.41) is 0. The van der Waals surface area contributed by atoms with E-state index in [9.17, 15) is 14.4 Å². The Bertz CT molecular complexity index is 675. The molecule has 1 aromatic carbocycles. The van der Waals surface area contributed by atoms with E-state index in [1.165, 1.54) is 4.90 Å². The Morgan fingerprint density at radius 2 is 1.64 bits per heavy atom. The number of likely N-dealkylation sites (tertiary alicyclic amines) is 1. The van der Waals surface area contributed by atoms with Crippen LogP contribution in [0.1, 0.15) is 33.6 Å². The van der Waals surface area contributed by atoms with Crippen LogP contribution in [0.4, 0.5) is 0 Å². The SMILES string of the molecule is O=C1c2ccccc2C(=O)N1CCCN1C(=O)[C@H]2C=C[C@@H]1C2. The number of benzene rings is 1. The van der Waals surface area contributed by atoms with E-state index in [-0.39, 0.29) is 29.7 Å². The van der Waals surface area contributed by atoms with Gasteiger partial charge in [0.15, 0.2) is 0 Å². The van der Waals surface area contributed by atoms with Gasteiger partial charge in [-0.2, -0.15) is 0 Å². The molecule has 1 aromatic rings. The lowest BCUT2D eigenvalue weighted by molar-refractivity contribution is -0.131. The topological polar surface area (TPSA) is 57.7 Å². The molecule has 1 fully saturated rings. The van der Waals surface area contributed by atoms with Crippen molar-refractivity contribution in [2.45, 2.75) is 18.9 Å². The van der Waals surface area contributed by atoms with Gasteiger partial charge in [0.05, 0.1) is 23.1 Å². The summed E-state index contributed by atoms with van der Waals surface area (Å²) < 4.78 is 0. The monoisotopic (exact) mass is 296 g/mol. The van der Waals surface area contributed by atoms with E-state index in [1.54, 1.807) is 24.3 Å². The van der Waals surface area contributed by atoms with Gasteiger partial charge in [-0.1, -0.05) is 24.3 Å². The van der Waals surface area contributed by atoms with Crippen molar-refractivity contribution in [2.75, 3.05) is 13.1 Å². The smallest absolute Gasteiger partial charge is 0.261 e. The lowest BCUT2D eigenvalue weighted by Gasteiger charge is -2.25. The first-order chi connectivity index (χ1) is 10.7. The van der Waals surface area contributed by atoms with E-state index in [2.05, 4.69) is 6.08 Å². The highest BCUT2D eigenvalue weighted by atomic mass is 16.2. The lowest BCUT2D eigenvalue weighted by Crippen LogP contribution is -2.38. The quantitative estimate of drug-likeness (QED) is 0.624. The van der Waals surface area contributed by atoms with Crippen LogP contribution < -0.4 is 0 Å². The molecule has 2 bridgehead atoms. The largest absolute Gasteiger partial charge is 0.336 e. The normalized spacial score (nSPS) is 25.5.